The fourth-order valence-electron chi connectivity index (χ4n) is 4.35. The maximum atomic E-state index is 13.1. The van der Waals surface area contributed by atoms with Crippen molar-refractivity contribution >= 4 is 26.6 Å². The topological polar surface area (TPSA) is 93.2 Å². The Balaban J connectivity index is 1.46. The molecule has 2 heterocycles. The summed E-state index contributed by atoms with van der Waals surface area (Å²) < 4.78 is 34.5. The van der Waals surface area contributed by atoms with Crippen molar-refractivity contribution in [2.75, 3.05) is 18.5 Å². The lowest BCUT2D eigenvalue weighted by Gasteiger charge is -2.15. The molecule has 180 valence electrons. The highest BCUT2D eigenvalue weighted by atomic mass is 32.2. The number of rotatable bonds is 8. The summed E-state index contributed by atoms with van der Waals surface area (Å²) in [5.41, 5.74) is 3.16. The average Bonchev–Trinajstić information content (AvgIpc) is 3.41. The first-order chi connectivity index (χ1) is 17.0. The lowest BCUT2D eigenvalue weighted by Crippen LogP contribution is -2.32. The van der Waals surface area contributed by atoms with Crippen molar-refractivity contribution in [3.05, 3.63) is 83.9 Å². The van der Waals surface area contributed by atoms with E-state index in [9.17, 15) is 8.42 Å². The quantitative estimate of drug-likeness (QED) is 0.374. The molecule has 3 aromatic carbocycles. The summed E-state index contributed by atoms with van der Waals surface area (Å²) in [6.07, 6.45) is 1.76. The second kappa shape index (κ2) is 10.1. The Morgan fingerprint density at radius 1 is 0.971 bits per heavy atom. The van der Waals surface area contributed by atoms with Crippen LogP contribution >= 0.6 is 0 Å². The van der Waals surface area contributed by atoms with Crippen molar-refractivity contribution in [1.82, 2.24) is 14.9 Å². The Labute approximate surface area is 205 Å². The van der Waals surface area contributed by atoms with Crippen molar-refractivity contribution in [2.45, 2.75) is 37.3 Å². The van der Waals surface area contributed by atoms with E-state index in [4.69, 9.17) is 4.74 Å². The minimum atomic E-state index is -3.70. The van der Waals surface area contributed by atoms with E-state index >= 15 is 0 Å². The molecule has 1 aliphatic heterocycles. The highest BCUT2D eigenvalue weighted by Crippen LogP contribution is 2.32. The van der Waals surface area contributed by atoms with Gasteiger partial charge in [0, 0.05) is 36.0 Å². The Kier molecular flexibility index (Phi) is 6.77. The van der Waals surface area contributed by atoms with Gasteiger partial charge in [-0.2, -0.15) is 0 Å². The third-order valence-corrected chi connectivity index (χ3v) is 7.83. The fourth-order valence-corrected chi connectivity index (χ4v) is 5.69. The van der Waals surface area contributed by atoms with E-state index in [0.717, 1.165) is 29.2 Å². The second-order valence-corrected chi connectivity index (χ2v) is 10.5. The van der Waals surface area contributed by atoms with Gasteiger partial charge in [0.25, 0.3) is 0 Å². The molecule has 1 atom stereocenters. The van der Waals surface area contributed by atoms with Crippen LogP contribution in [0.15, 0.2) is 77.7 Å². The zero-order valence-corrected chi connectivity index (χ0v) is 20.4. The monoisotopic (exact) mass is 488 g/mol. The molecule has 1 fully saturated rings. The highest BCUT2D eigenvalue weighted by Gasteiger charge is 2.23. The standard InChI is InChI=1S/C27H28N4O3S/c1-19-13-14-21(16-25(19)35(32,33)29-18-22-10-7-15-34-22)26-23-11-5-6-12-24(23)27(31-30-26)28-17-20-8-3-2-4-9-20/h2-6,8-9,11-14,16,22,29H,7,10,15,17-18H2,1H3,(H,28,31)/t22-/m1/s1. The first-order valence-corrected chi connectivity index (χ1v) is 13.2. The van der Waals surface area contributed by atoms with E-state index in [-0.39, 0.29) is 17.5 Å². The Bertz CT molecular complexity index is 1440. The fraction of sp³-hybridized carbons (Fsp3) is 0.259. The largest absolute Gasteiger partial charge is 0.377 e. The number of anilines is 1. The number of nitrogens with zero attached hydrogens (tertiary/aromatic N) is 2. The lowest BCUT2D eigenvalue weighted by molar-refractivity contribution is 0.114. The molecular weight excluding hydrogens is 460 g/mol. The molecule has 0 unspecified atom stereocenters. The van der Waals surface area contributed by atoms with Gasteiger partial charge in [0.1, 0.15) is 5.69 Å². The third kappa shape index (κ3) is 5.19. The minimum Gasteiger partial charge on any atom is -0.377 e. The van der Waals surface area contributed by atoms with Crippen LogP contribution in [0, 0.1) is 6.92 Å². The molecule has 0 spiro atoms. The molecule has 1 saturated heterocycles. The third-order valence-electron chi connectivity index (χ3n) is 6.27. The van der Waals surface area contributed by atoms with Crippen LogP contribution in [0.3, 0.4) is 0 Å². The van der Waals surface area contributed by atoms with Crippen LogP contribution in [0.2, 0.25) is 0 Å². The molecular formula is C27H28N4O3S. The summed E-state index contributed by atoms with van der Waals surface area (Å²) >= 11 is 0. The summed E-state index contributed by atoms with van der Waals surface area (Å²) in [6, 6.07) is 23.4. The van der Waals surface area contributed by atoms with Crippen LogP contribution in [0.1, 0.15) is 24.0 Å². The van der Waals surface area contributed by atoms with E-state index in [2.05, 4.69) is 32.4 Å². The van der Waals surface area contributed by atoms with Gasteiger partial charge in [-0.3, -0.25) is 0 Å². The Morgan fingerprint density at radius 2 is 1.74 bits per heavy atom. The zero-order valence-electron chi connectivity index (χ0n) is 19.6. The first kappa shape index (κ1) is 23.4. The van der Waals surface area contributed by atoms with Crippen molar-refractivity contribution in [2.24, 2.45) is 0 Å². The number of fused-ring (bicyclic) bond motifs is 1. The Hall–Kier alpha value is -3.33. The lowest BCUT2D eigenvalue weighted by atomic mass is 10.0. The van der Waals surface area contributed by atoms with Gasteiger partial charge in [-0.25, -0.2) is 13.1 Å². The second-order valence-electron chi connectivity index (χ2n) is 8.75. The van der Waals surface area contributed by atoms with Crippen LogP contribution in [-0.4, -0.2) is 37.9 Å². The van der Waals surface area contributed by atoms with E-state index in [1.807, 2.05) is 54.6 Å². The molecule has 2 N–H and O–H groups in total. The maximum Gasteiger partial charge on any atom is 0.240 e. The smallest absolute Gasteiger partial charge is 0.240 e. The van der Waals surface area contributed by atoms with E-state index in [0.29, 0.717) is 35.8 Å². The molecule has 0 amide bonds. The summed E-state index contributed by atoms with van der Waals surface area (Å²) in [4.78, 5) is 0.241. The zero-order chi connectivity index (χ0) is 24.3. The number of hydrogen-bond donors (Lipinski definition) is 2. The summed E-state index contributed by atoms with van der Waals surface area (Å²) in [5.74, 6) is 0.686. The number of hydrogen-bond acceptors (Lipinski definition) is 6. The van der Waals surface area contributed by atoms with Gasteiger partial charge >= 0.3 is 0 Å². The molecule has 7 nitrogen and oxygen atoms in total. The van der Waals surface area contributed by atoms with Gasteiger partial charge in [-0.05, 0) is 37.0 Å². The van der Waals surface area contributed by atoms with Crippen LogP contribution in [0.25, 0.3) is 22.0 Å². The predicted molar refractivity (Wildman–Crippen MR) is 138 cm³/mol. The number of aryl methyl sites for hydroxylation is 1. The predicted octanol–water partition coefficient (Wildman–Crippen LogP) is 4.67. The summed E-state index contributed by atoms with van der Waals surface area (Å²) in [7, 11) is -3.70. The van der Waals surface area contributed by atoms with Gasteiger partial charge in [-0.1, -0.05) is 66.7 Å². The number of sulfonamides is 1. The molecule has 0 radical (unpaired) electrons. The SMILES string of the molecule is Cc1ccc(-c2nnc(NCc3ccccc3)c3ccccc23)cc1S(=O)(=O)NC[C@H]1CCCO1. The van der Waals surface area contributed by atoms with E-state index in [1.54, 1.807) is 13.0 Å². The molecule has 5 rings (SSSR count). The number of aromatic nitrogens is 2. The van der Waals surface area contributed by atoms with Gasteiger partial charge in [-0.15, -0.1) is 10.2 Å². The van der Waals surface area contributed by atoms with E-state index < -0.39 is 10.0 Å². The van der Waals surface area contributed by atoms with Crippen LogP contribution < -0.4 is 10.0 Å². The maximum absolute atomic E-state index is 13.1. The molecule has 0 aliphatic carbocycles. The molecule has 1 aliphatic rings. The Morgan fingerprint density at radius 3 is 2.51 bits per heavy atom. The molecule has 8 heteroatoms. The van der Waals surface area contributed by atoms with Gasteiger partial charge in [0.05, 0.1) is 11.0 Å². The average molecular weight is 489 g/mol. The summed E-state index contributed by atoms with van der Waals surface area (Å²) in [5, 5.41) is 14.2. The van der Waals surface area contributed by atoms with E-state index in [1.165, 1.54) is 0 Å². The molecule has 0 saturated carbocycles. The molecule has 4 aromatic rings. The molecule has 35 heavy (non-hydrogen) atoms. The summed E-state index contributed by atoms with van der Waals surface area (Å²) in [6.45, 7) is 3.38. The number of ether oxygens (including phenoxy) is 1. The highest BCUT2D eigenvalue weighted by molar-refractivity contribution is 7.89. The van der Waals surface area contributed by atoms with Crippen LogP contribution in [0.4, 0.5) is 5.82 Å². The van der Waals surface area contributed by atoms with Gasteiger partial charge in [0.15, 0.2) is 5.82 Å². The molecule has 0 bridgehead atoms. The van der Waals surface area contributed by atoms with Crippen molar-refractivity contribution in [3.63, 3.8) is 0 Å². The van der Waals surface area contributed by atoms with Gasteiger partial charge in [0.2, 0.25) is 10.0 Å². The van der Waals surface area contributed by atoms with Crippen LogP contribution in [0.5, 0.6) is 0 Å². The normalized spacial score (nSPS) is 16.0. The van der Waals surface area contributed by atoms with Crippen molar-refractivity contribution in [3.8, 4) is 11.3 Å². The van der Waals surface area contributed by atoms with Crippen LogP contribution in [-0.2, 0) is 21.3 Å². The minimum absolute atomic E-state index is 0.0704. The number of benzene rings is 3. The van der Waals surface area contributed by atoms with Crippen molar-refractivity contribution in [1.29, 1.82) is 0 Å². The van der Waals surface area contributed by atoms with Crippen molar-refractivity contribution < 1.29 is 13.2 Å². The van der Waals surface area contributed by atoms with Gasteiger partial charge < -0.3 is 10.1 Å². The molecule has 1 aromatic heterocycles. The number of nitrogens with one attached hydrogen (secondary N) is 2. The first-order valence-electron chi connectivity index (χ1n) is 11.8.